The number of anilines is 1. The van der Waals surface area contributed by atoms with Gasteiger partial charge in [-0.2, -0.15) is 0 Å². The minimum absolute atomic E-state index is 0.642. The maximum Gasteiger partial charge on any atom is 0.206 e. The summed E-state index contributed by atoms with van der Waals surface area (Å²) in [6.45, 7) is 3.51. The van der Waals surface area contributed by atoms with Gasteiger partial charge in [0.1, 0.15) is 16.2 Å². The van der Waals surface area contributed by atoms with E-state index in [1.807, 2.05) is 0 Å². The summed E-state index contributed by atoms with van der Waals surface area (Å²) in [6, 6.07) is 2.17. The van der Waals surface area contributed by atoms with Crippen molar-refractivity contribution in [2.24, 2.45) is 0 Å². The molecular formula is C13H15N5OS3. The van der Waals surface area contributed by atoms with Gasteiger partial charge in [-0.25, -0.2) is 9.97 Å². The summed E-state index contributed by atoms with van der Waals surface area (Å²) < 4.78 is 5.87. The van der Waals surface area contributed by atoms with Crippen molar-refractivity contribution in [2.45, 2.75) is 22.7 Å². The zero-order chi connectivity index (χ0) is 15.4. The van der Waals surface area contributed by atoms with Crippen LogP contribution in [-0.2, 0) is 11.2 Å². The van der Waals surface area contributed by atoms with Gasteiger partial charge in [0.25, 0.3) is 0 Å². The third kappa shape index (κ3) is 3.54. The Balaban J connectivity index is 1.77. The maximum atomic E-state index is 5.00. The molecule has 22 heavy (non-hydrogen) atoms. The Labute approximate surface area is 140 Å². The van der Waals surface area contributed by atoms with Crippen molar-refractivity contribution >= 4 is 49.8 Å². The summed E-state index contributed by atoms with van der Waals surface area (Å²) in [7, 11) is 1.68. The summed E-state index contributed by atoms with van der Waals surface area (Å²) in [5.41, 5.74) is 0. The van der Waals surface area contributed by atoms with Crippen LogP contribution < -0.4 is 5.32 Å². The van der Waals surface area contributed by atoms with E-state index >= 15 is 0 Å². The fraction of sp³-hybridized carbons (Fsp3) is 0.385. The number of hydrogen-bond acceptors (Lipinski definition) is 9. The predicted molar refractivity (Wildman–Crippen MR) is 91.2 cm³/mol. The molecule has 0 aliphatic heterocycles. The molecule has 0 atom stereocenters. The number of thiophene rings is 1. The number of ether oxygens (including phenoxy) is 1. The fourth-order valence-corrected chi connectivity index (χ4v) is 4.56. The van der Waals surface area contributed by atoms with Gasteiger partial charge >= 0.3 is 0 Å². The van der Waals surface area contributed by atoms with E-state index < -0.39 is 0 Å². The Morgan fingerprint density at radius 3 is 3.00 bits per heavy atom. The predicted octanol–water partition coefficient (Wildman–Crippen LogP) is 3.31. The fourth-order valence-electron chi connectivity index (χ4n) is 1.80. The smallest absolute Gasteiger partial charge is 0.206 e. The molecule has 0 radical (unpaired) electrons. The summed E-state index contributed by atoms with van der Waals surface area (Å²) in [5, 5.41) is 14.3. The Morgan fingerprint density at radius 1 is 1.27 bits per heavy atom. The lowest BCUT2D eigenvalue weighted by molar-refractivity contribution is 0.211. The first-order chi connectivity index (χ1) is 10.8. The number of aryl methyl sites for hydroxylation is 1. The standard InChI is InChI=1S/C13H15N5OS3/c1-3-8-6-9-10(20-8)15-7-16-11(9)21-13-18-17-12(22-13)14-4-5-19-2/h6-7H,3-5H2,1-2H3,(H,14,17). The second kappa shape index (κ2) is 7.32. The van der Waals surface area contributed by atoms with Crippen LogP contribution >= 0.6 is 34.4 Å². The van der Waals surface area contributed by atoms with Crippen LogP contribution in [0, 0.1) is 0 Å². The largest absolute Gasteiger partial charge is 0.383 e. The van der Waals surface area contributed by atoms with Gasteiger partial charge in [0.05, 0.1) is 6.61 Å². The molecule has 0 saturated carbocycles. The summed E-state index contributed by atoms with van der Waals surface area (Å²) in [4.78, 5) is 11.1. The van der Waals surface area contributed by atoms with Crippen LogP contribution in [-0.4, -0.2) is 40.4 Å². The van der Waals surface area contributed by atoms with Crippen LogP contribution in [0.25, 0.3) is 10.2 Å². The Kier molecular flexibility index (Phi) is 5.19. The highest BCUT2D eigenvalue weighted by Gasteiger charge is 2.12. The molecule has 0 fully saturated rings. The number of fused-ring (bicyclic) bond motifs is 1. The first-order valence-corrected chi connectivity index (χ1v) is 9.22. The van der Waals surface area contributed by atoms with Crippen LogP contribution in [0.5, 0.6) is 0 Å². The van der Waals surface area contributed by atoms with Gasteiger partial charge in [-0.3, -0.25) is 0 Å². The average Bonchev–Trinajstić information content (AvgIpc) is 3.14. The van der Waals surface area contributed by atoms with Crippen molar-refractivity contribution in [3.05, 3.63) is 17.3 Å². The van der Waals surface area contributed by atoms with Gasteiger partial charge in [-0.1, -0.05) is 18.3 Å². The van der Waals surface area contributed by atoms with E-state index in [0.29, 0.717) is 6.61 Å². The number of nitrogens with zero attached hydrogens (tertiary/aromatic N) is 4. The van der Waals surface area contributed by atoms with Crippen LogP contribution in [0.1, 0.15) is 11.8 Å². The molecule has 0 amide bonds. The monoisotopic (exact) mass is 353 g/mol. The van der Waals surface area contributed by atoms with E-state index in [-0.39, 0.29) is 0 Å². The zero-order valence-electron chi connectivity index (χ0n) is 12.2. The van der Waals surface area contributed by atoms with Crippen LogP contribution in [0.2, 0.25) is 0 Å². The molecule has 0 unspecified atom stereocenters. The molecule has 0 aromatic carbocycles. The molecule has 0 aliphatic carbocycles. The summed E-state index contributed by atoms with van der Waals surface area (Å²) in [6.07, 6.45) is 2.62. The minimum atomic E-state index is 0.642. The van der Waals surface area contributed by atoms with Crippen molar-refractivity contribution in [1.82, 2.24) is 20.2 Å². The molecule has 6 nitrogen and oxygen atoms in total. The van der Waals surface area contributed by atoms with Crippen LogP contribution in [0.3, 0.4) is 0 Å². The van der Waals surface area contributed by atoms with Crippen molar-refractivity contribution in [1.29, 1.82) is 0 Å². The van der Waals surface area contributed by atoms with Gasteiger partial charge in [0, 0.05) is 23.9 Å². The Morgan fingerprint density at radius 2 is 2.18 bits per heavy atom. The first-order valence-electron chi connectivity index (χ1n) is 6.77. The average molecular weight is 353 g/mol. The van der Waals surface area contributed by atoms with E-state index in [2.05, 4.69) is 38.5 Å². The van der Waals surface area contributed by atoms with E-state index in [4.69, 9.17) is 4.74 Å². The highest BCUT2D eigenvalue weighted by molar-refractivity contribution is 8.01. The van der Waals surface area contributed by atoms with E-state index in [1.54, 1.807) is 24.8 Å². The second-order valence-corrected chi connectivity index (χ2v) is 7.69. The van der Waals surface area contributed by atoms with E-state index in [1.165, 1.54) is 28.0 Å². The molecule has 0 spiro atoms. The molecule has 9 heteroatoms. The van der Waals surface area contributed by atoms with Crippen LogP contribution in [0.4, 0.5) is 5.13 Å². The van der Waals surface area contributed by atoms with Gasteiger partial charge in [-0.05, 0) is 24.2 Å². The molecule has 0 bridgehead atoms. The van der Waals surface area contributed by atoms with Gasteiger partial charge in [0.2, 0.25) is 5.13 Å². The summed E-state index contributed by atoms with van der Waals surface area (Å²) >= 11 is 4.76. The molecule has 3 rings (SSSR count). The molecule has 0 saturated heterocycles. The van der Waals surface area contributed by atoms with Crippen molar-refractivity contribution in [2.75, 3.05) is 25.6 Å². The molecular weight excluding hydrogens is 338 g/mol. The maximum absolute atomic E-state index is 5.00. The minimum Gasteiger partial charge on any atom is -0.383 e. The third-order valence-corrected chi connectivity index (χ3v) is 6.00. The molecule has 0 aliphatic rings. The lowest BCUT2D eigenvalue weighted by Gasteiger charge is -1.99. The highest BCUT2D eigenvalue weighted by atomic mass is 32.2. The first kappa shape index (κ1) is 15.6. The lowest BCUT2D eigenvalue weighted by Crippen LogP contribution is -2.06. The lowest BCUT2D eigenvalue weighted by atomic mass is 10.3. The SMILES string of the molecule is CCc1cc2c(Sc3nnc(NCCOC)s3)ncnc2s1. The van der Waals surface area contributed by atoms with Crippen molar-refractivity contribution < 1.29 is 4.74 Å². The molecule has 3 heterocycles. The number of aromatic nitrogens is 4. The number of nitrogens with one attached hydrogen (secondary N) is 1. The quantitative estimate of drug-likeness (QED) is 0.516. The number of methoxy groups -OCH3 is 1. The van der Waals surface area contributed by atoms with Crippen molar-refractivity contribution in [3.8, 4) is 0 Å². The molecule has 3 aromatic rings. The van der Waals surface area contributed by atoms with Gasteiger partial charge in [-0.15, -0.1) is 21.5 Å². The van der Waals surface area contributed by atoms with Gasteiger partial charge < -0.3 is 10.1 Å². The second-order valence-electron chi connectivity index (χ2n) is 4.36. The number of rotatable bonds is 7. The Hall–Kier alpha value is -1.29. The zero-order valence-corrected chi connectivity index (χ0v) is 14.6. The van der Waals surface area contributed by atoms with E-state index in [9.17, 15) is 0 Å². The van der Waals surface area contributed by atoms with E-state index in [0.717, 1.165) is 37.7 Å². The number of hydrogen-bond donors (Lipinski definition) is 1. The Bertz CT molecular complexity index is 757. The summed E-state index contributed by atoms with van der Waals surface area (Å²) in [5.74, 6) is 0. The topological polar surface area (TPSA) is 72.8 Å². The highest BCUT2D eigenvalue weighted by Crippen LogP contribution is 2.36. The van der Waals surface area contributed by atoms with Crippen molar-refractivity contribution in [3.63, 3.8) is 0 Å². The van der Waals surface area contributed by atoms with Gasteiger partial charge in [0.15, 0.2) is 4.34 Å². The van der Waals surface area contributed by atoms with Crippen LogP contribution in [0.15, 0.2) is 21.8 Å². The normalized spacial score (nSPS) is 11.2. The molecule has 116 valence electrons. The third-order valence-electron chi connectivity index (χ3n) is 2.87. The molecule has 1 N–H and O–H groups in total. The molecule has 3 aromatic heterocycles.